The molecular weight excluding hydrogens is 582 g/mol. The highest BCUT2D eigenvalue weighted by Gasteiger charge is 2.22. The third-order valence-corrected chi connectivity index (χ3v) is 7.14. The topological polar surface area (TPSA) is 104 Å². The highest BCUT2D eigenvalue weighted by molar-refractivity contribution is 9.09. The zero-order valence-electron chi connectivity index (χ0n) is 22.2. The first kappa shape index (κ1) is 28.8. The number of alkyl halides is 1. The molecule has 2 aromatic carbocycles. The van der Waals surface area contributed by atoms with E-state index in [4.69, 9.17) is 26.8 Å². The number of hydrogen-bond acceptors (Lipinski definition) is 6. The molecule has 204 valence electrons. The van der Waals surface area contributed by atoms with Crippen LogP contribution in [0.2, 0.25) is 5.02 Å². The molecule has 0 saturated heterocycles. The van der Waals surface area contributed by atoms with Crippen molar-refractivity contribution in [2.75, 3.05) is 18.5 Å². The van der Waals surface area contributed by atoms with Crippen LogP contribution < -0.4 is 15.2 Å². The average Bonchev–Trinajstić information content (AvgIpc) is 3.34. The van der Waals surface area contributed by atoms with Crippen LogP contribution in [0.25, 0.3) is 10.9 Å². The quantitative estimate of drug-likeness (QED) is 0.188. The molecule has 1 amide bonds. The van der Waals surface area contributed by atoms with Gasteiger partial charge in [-0.2, -0.15) is 0 Å². The number of nitrogens with two attached hydrogens (primary N) is 1. The van der Waals surface area contributed by atoms with Crippen LogP contribution in [0.5, 0.6) is 17.2 Å². The van der Waals surface area contributed by atoms with Crippen molar-refractivity contribution in [3.05, 3.63) is 70.4 Å². The summed E-state index contributed by atoms with van der Waals surface area (Å²) in [7, 11) is 0. The Kier molecular flexibility index (Phi) is 9.08. The molecule has 4 rings (SSSR count). The molecule has 0 saturated carbocycles. The molecule has 0 unspecified atom stereocenters. The molecule has 1 aliphatic rings. The number of primary amides is 1. The number of hydrogen-bond donors (Lipinski definition) is 1. The summed E-state index contributed by atoms with van der Waals surface area (Å²) < 4.78 is 11.9. The number of fused-ring (bicyclic) bond motifs is 1. The van der Waals surface area contributed by atoms with Crippen LogP contribution in [0.4, 0.5) is 0 Å². The lowest BCUT2D eigenvalue weighted by atomic mass is 9.89. The maximum atomic E-state index is 12.8. The predicted molar refractivity (Wildman–Crippen MR) is 159 cm³/mol. The Hall–Kier alpha value is -3.23. The number of aliphatic imine (C=N–C) groups is 1. The third kappa shape index (κ3) is 7.25. The molecule has 3 aromatic rings. The molecule has 2 heterocycles. The minimum Gasteiger partial charge on any atom is -0.493 e. The van der Waals surface area contributed by atoms with E-state index in [-0.39, 0.29) is 23.2 Å². The van der Waals surface area contributed by atoms with Crippen LogP contribution in [-0.2, 0) is 11.2 Å². The standard InChI is InChI=1S/C30H31BrClN3O4/c1-30(2,3)28-12-18(17-35-28)11-20(36)13-19-5-6-21(14-24(19)32)39-26-7-9-34-25-16-27(38-10-4-8-31)23(29(33)37)15-22(25)26/h5-7,9,12,14-16H,4,8,10-11,13,17H2,1-3H3,(H2,33,37). The lowest BCUT2D eigenvalue weighted by Gasteiger charge is -2.16. The molecule has 0 aliphatic carbocycles. The van der Waals surface area contributed by atoms with Crippen molar-refractivity contribution in [2.24, 2.45) is 16.1 Å². The van der Waals surface area contributed by atoms with Crippen molar-refractivity contribution < 1.29 is 19.1 Å². The second kappa shape index (κ2) is 12.3. The number of ether oxygens (including phenoxy) is 2. The average molecular weight is 613 g/mol. The van der Waals surface area contributed by atoms with Crippen LogP contribution in [0.3, 0.4) is 0 Å². The van der Waals surface area contributed by atoms with E-state index in [1.54, 1.807) is 42.6 Å². The third-order valence-electron chi connectivity index (χ3n) is 6.23. The van der Waals surface area contributed by atoms with Crippen LogP contribution in [0.1, 0.15) is 49.5 Å². The minimum atomic E-state index is -0.604. The molecule has 0 fully saturated rings. The van der Waals surface area contributed by atoms with E-state index in [1.807, 2.05) is 6.08 Å². The number of benzene rings is 2. The first-order valence-electron chi connectivity index (χ1n) is 12.7. The van der Waals surface area contributed by atoms with E-state index >= 15 is 0 Å². The molecular formula is C30H31BrClN3O4. The number of allylic oxidation sites excluding steroid dienone is 1. The maximum Gasteiger partial charge on any atom is 0.252 e. The first-order valence-corrected chi connectivity index (χ1v) is 14.2. The summed E-state index contributed by atoms with van der Waals surface area (Å²) in [6.07, 6.45) is 5.01. The van der Waals surface area contributed by atoms with E-state index in [2.05, 4.69) is 46.7 Å². The lowest BCUT2D eigenvalue weighted by molar-refractivity contribution is -0.117. The molecule has 7 nitrogen and oxygen atoms in total. The van der Waals surface area contributed by atoms with Crippen LogP contribution in [-0.4, -0.2) is 40.9 Å². The predicted octanol–water partition coefficient (Wildman–Crippen LogP) is 6.87. The number of carbonyl (C=O) groups excluding carboxylic acids is 2. The van der Waals surface area contributed by atoms with Gasteiger partial charge in [0.1, 0.15) is 23.0 Å². The van der Waals surface area contributed by atoms with Gasteiger partial charge in [0.25, 0.3) is 5.91 Å². The summed E-state index contributed by atoms with van der Waals surface area (Å²) >= 11 is 9.91. The second-order valence-corrected chi connectivity index (χ2v) is 11.6. The molecule has 0 bridgehead atoms. The fourth-order valence-electron chi connectivity index (χ4n) is 4.21. The number of amides is 1. The number of aromatic nitrogens is 1. The summed E-state index contributed by atoms with van der Waals surface area (Å²) in [4.78, 5) is 33.8. The Morgan fingerprint density at radius 2 is 1.90 bits per heavy atom. The van der Waals surface area contributed by atoms with Gasteiger partial charge in [-0.25, -0.2) is 0 Å². The van der Waals surface area contributed by atoms with E-state index in [9.17, 15) is 9.59 Å². The van der Waals surface area contributed by atoms with Crippen LogP contribution >= 0.6 is 27.5 Å². The summed E-state index contributed by atoms with van der Waals surface area (Å²) in [6, 6.07) is 10.3. The smallest absolute Gasteiger partial charge is 0.252 e. The lowest BCUT2D eigenvalue weighted by Crippen LogP contribution is -2.16. The Morgan fingerprint density at radius 1 is 1.10 bits per heavy atom. The molecule has 0 atom stereocenters. The number of nitrogens with zero attached hydrogens (tertiary/aromatic N) is 2. The molecule has 2 N–H and O–H groups in total. The van der Waals surface area contributed by atoms with Gasteiger partial charge in [0.05, 0.1) is 24.2 Å². The van der Waals surface area contributed by atoms with Gasteiger partial charge >= 0.3 is 0 Å². The molecule has 9 heteroatoms. The van der Waals surface area contributed by atoms with Crippen LogP contribution in [0.15, 0.2) is 59.2 Å². The van der Waals surface area contributed by atoms with E-state index < -0.39 is 5.91 Å². The Labute approximate surface area is 241 Å². The van der Waals surface area contributed by atoms with Crippen molar-refractivity contribution in [1.29, 1.82) is 0 Å². The number of Topliss-reactive ketones (excluding diaryl/α,β-unsaturated/α-hetero) is 1. The van der Waals surface area contributed by atoms with Crippen molar-refractivity contribution >= 4 is 55.8 Å². The fourth-order valence-corrected chi connectivity index (χ4v) is 4.67. The number of ketones is 1. The van der Waals surface area contributed by atoms with Gasteiger partial charge in [-0.15, -0.1) is 0 Å². The van der Waals surface area contributed by atoms with Crippen molar-refractivity contribution in [2.45, 2.75) is 40.0 Å². The van der Waals surface area contributed by atoms with Gasteiger partial charge in [-0.3, -0.25) is 19.6 Å². The summed E-state index contributed by atoms with van der Waals surface area (Å²) in [6.45, 7) is 7.34. The van der Waals surface area contributed by atoms with Crippen LogP contribution in [0, 0.1) is 5.41 Å². The summed E-state index contributed by atoms with van der Waals surface area (Å²) in [5.74, 6) is 0.829. The summed E-state index contributed by atoms with van der Waals surface area (Å²) in [5, 5.41) is 1.83. The number of halogens is 2. The monoisotopic (exact) mass is 611 g/mol. The zero-order valence-corrected chi connectivity index (χ0v) is 24.6. The number of pyridine rings is 1. The van der Waals surface area contributed by atoms with Gasteiger partial charge in [0.2, 0.25) is 0 Å². The summed E-state index contributed by atoms with van der Waals surface area (Å²) in [5.41, 5.74) is 9.21. The molecule has 39 heavy (non-hydrogen) atoms. The van der Waals surface area contributed by atoms with E-state index in [0.29, 0.717) is 52.7 Å². The van der Waals surface area contributed by atoms with Gasteiger partial charge in [0.15, 0.2) is 0 Å². The van der Waals surface area contributed by atoms with Crippen molar-refractivity contribution in [3.63, 3.8) is 0 Å². The molecule has 0 radical (unpaired) electrons. The highest BCUT2D eigenvalue weighted by Crippen LogP contribution is 2.35. The van der Waals surface area contributed by atoms with Gasteiger partial charge in [-0.1, -0.05) is 54.4 Å². The van der Waals surface area contributed by atoms with Crippen molar-refractivity contribution in [1.82, 2.24) is 4.98 Å². The Morgan fingerprint density at radius 3 is 2.56 bits per heavy atom. The number of carbonyl (C=O) groups is 2. The van der Waals surface area contributed by atoms with E-state index in [1.165, 1.54) is 0 Å². The van der Waals surface area contributed by atoms with Gasteiger partial charge in [0, 0.05) is 52.0 Å². The zero-order chi connectivity index (χ0) is 28.2. The molecule has 1 aromatic heterocycles. The number of rotatable bonds is 11. The highest BCUT2D eigenvalue weighted by atomic mass is 79.9. The van der Waals surface area contributed by atoms with E-state index in [0.717, 1.165) is 28.6 Å². The SMILES string of the molecule is CC(C)(C)C1=NCC(CC(=O)Cc2ccc(Oc3ccnc4cc(OCCCBr)c(C(N)=O)cc34)cc2Cl)=C1. The second-order valence-electron chi connectivity index (χ2n) is 10.4. The minimum absolute atomic E-state index is 0.0331. The Balaban J connectivity index is 1.49. The van der Waals surface area contributed by atoms with Crippen molar-refractivity contribution in [3.8, 4) is 17.2 Å². The largest absolute Gasteiger partial charge is 0.493 e. The molecule has 1 aliphatic heterocycles. The normalized spacial score (nSPS) is 13.3. The van der Waals surface area contributed by atoms with Gasteiger partial charge < -0.3 is 15.2 Å². The van der Waals surface area contributed by atoms with Gasteiger partial charge in [-0.05, 0) is 47.9 Å². The fraction of sp³-hybridized carbons (Fsp3) is 0.333. The maximum absolute atomic E-state index is 12.8. The molecule has 0 spiro atoms. The first-order chi connectivity index (χ1) is 18.5. The Bertz CT molecular complexity index is 1480.